The molecule has 0 fully saturated rings. The monoisotopic (exact) mass is 373 g/mol. The number of para-hydroxylation sites is 2. The molecule has 0 saturated carbocycles. The minimum Gasteiger partial charge on any atom is -0.461 e. The summed E-state index contributed by atoms with van der Waals surface area (Å²) in [6.07, 6.45) is 1.84. The maximum Gasteiger partial charge on any atom is 0.351 e. The normalized spacial score (nSPS) is 14.4. The molecule has 1 aliphatic rings. The van der Waals surface area contributed by atoms with E-state index >= 15 is 0 Å². The quantitative estimate of drug-likeness (QED) is 0.440. The van der Waals surface area contributed by atoms with Crippen LogP contribution in [0, 0.1) is 17.2 Å². The fraction of sp³-hybridized carbons (Fsp3) is 0.261. The smallest absolute Gasteiger partial charge is 0.351 e. The van der Waals surface area contributed by atoms with E-state index in [-0.39, 0.29) is 11.5 Å². The van der Waals surface area contributed by atoms with Gasteiger partial charge in [0.1, 0.15) is 6.07 Å². The molecule has 0 bridgehead atoms. The summed E-state index contributed by atoms with van der Waals surface area (Å²) in [6.45, 7) is 4.43. The molecule has 1 N–H and O–H groups in total. The summed E-state index contributed by atoms with van der Waals surface area (Å²) in [6, 6.07) is 19.1. The van der Waals surface area contributed by atoms with Gasteiger partial charge in [0.25, 0.3) is 0 Å². The van der Waals surface area contributed by atoms with E-state index in [1.165, 1.54) is 0 Å². The number of rotatable bonds is 6. The van der Waals surface area contributed by atoms with E-state index in [0.29, 0.717) is 18.0 Å². The van der Waals surface area contributed by atoms with Crippen LogP contribution in [0.1, 0.15) is 32.3 Å². The number of nitriles is 1. The zero-order valence-corrected chi connectivity index (χ0v) is 16.1. The highest BCUT2D eigenvalue weighted by Crippen LogP contribution is 2.33. The van der Waals surface area contributed by atoms with Gasteiger partial charge >= 0.3 is 5.97 Å². The number of benzene rings is 2. The summed E-state index contributed by atoms with van der Waals surface area (Å²) in [5.74, 6) is -0.337. The Morgan fingerprint density at radius 1 is 1.11 bits per heavy atom. The van der Waals surface area contributed by atoms with Crippen molar-refractivity contribution in [1.29, 1.82) is 5.26 Å². The average molecular weight is 373 g/mol. The number of carbonyl (C=O) groups is 1. The van der Waals surface area contributed by atoms with E-state index < -0.39 is 5.97 Å². The summed E-state index contributed by atoms with van der Waals surface area (Å²) < 4.78 is 5.45. The molecule has 0 aliphatic carbocycles. The molecule has 0 aromatic heterocycles. The van der Waals surface area contributed by atoms with Gasteiger partial charge in [-0.25, -0.2) is 9.79 Å². The third kappa shape index (κ3) is 4.12. The Kier molecular flexibility index (Phi) is 6.23. The predicted molar refractivity (Wildman–Crippen MR) is 110 cm³/mol. The van der Waals surface area contributed by atoms with Crippen molar-refractivity contribution in [2.75, 3.05) is 11.9 Å². The van der Waals surface area contributed by atoms with Gasteiger partial charge in [-0.3, -0.25) is 0 Å². The first-order chi connectivity index (χ1) is 13.7. The number of allylic oxidation sites excluding steroid dienone is 1. The van der Waals surface area contributed by atoms with Crippen molar-refractivity contribution in [2.45, 2.75) is 26.7 Å². The van der Waals surface area contributed by atoms with E-state index in [9.17, 15) is 10.1 Å². The predicted octanol–water partition coefficient (Wildman–Crippen LogP) is 4.99. The van der Waals surface area contributed by atoms with Crippen LogP contribution < -0.4 is 5.32 Å². The molecule has 0 amide bonds. The van der Waals surface area contributed by atoms with Gasteiger partial charge in [-0.05, 0) is 18.1 Å². The Hall–Kier alpha value is -3.39. The second-order valence-corrected chi connectivity index (χ2v) is 6.61. The first-order valence-corrected chi connectivity index (χ1v) is 9.49. The number of esters is 1. The molecule has 1 aliphatic heterocycles. The number of nitrogens with zero attached hydrogens (tertiary/aromatic N) is 2. The molecule has 2 aromatic rings. The topological polar surface area (TPSA) is 74.5 Å². The van der Waals surface area contributed by atoms with Crippen LogP contribution in [-0.2, 0) is 9.53 Å². The molecule has 5 heteroatoms. The van der Waals surface area contributed by atoms with Crippen LogP contribution in [0.25, 0.3) is 0 Å². The third-order valence-corrected chi connectivity index (χ3v) is 4.85. The minimum atomic E-state index is -0.625. The zero-order chi connectivity index (χ0) is 19.9. The first-order valence-electron chi connectivity index (χ1n) is 9.49. The number of anilines is 1. The Morgan fingerprint density at radius 2 is 1.79 bits per heavy atom. The molecule has 5 nitrogen and oxygen atoms in total. The maximum absolute atomic E-state index is 12.7. The van der Waals surface area contributed by atoms with Crippen LogP contribution in [0.15, 0.2) is 70.9 Å². The van der Waals surface area contributed by atoms with Crippen molar-refractivity contribution in [3.8, 4) is 6.07 Å². The maximum atomic E-state index is 12.7. The van der Waals surface area contributed by atoms with Gasteiger partial charge in [0.05, 0.1) is 29.4 Å². The van der Waals surface area contributed by atoms with Crippen LogP contribution >= 0.6 is 0 Å². The molecule has 142 valence electrons. The van der Waals surface area contributed by atoms with Gasteiger partial charge in [-0.2, -0.15) is 5.26 Å². The molecule has 28 heavy (non-hydrogen) atoms. The van der Waals surface area contributed by atoms with Crippen molar-refractivity contribution in [3.05, 3.63) is 71.4 Å². The van der Waals surface area contributed by atoms with Crippen LogP contribution in [0.5, 0.6) is 0 Å². The van der Waals surface area contributed by atoms with E-state index in [2.05, 4.69) is 19.2 Å². The van der Waals surface area contributed by atoms with Gasteiger partial charge < -0.3 is 10.1 Å². The summed E-state index contributed by atoms with van der Waals surface area (Å²) in [4.78, 5) is 17.4. The standard InChI is InChI=1S/C23H23N3O2/c1-3-16(4-2)15-28-23(27)18(14-24)22-21(17-10-6-5-7-11-17)25-19-12-8-9-13-20(19)26-22/h5-13,16,26H,3-4,15H2,1-2H3/b22-18-. The third-order valence-electron chi connectivity index (χ3n) is 4.85. The molecule has 0 radical (unpaired) electrons. The highest BCUT2D eigenvalue weighted by atomic mass is 16.5. The van der Waals surface area contributed by atoms with Crippen molar-refractivity contribution >= 4 is 23.1 Å². The molecule has 0 unspecified atom stereocenters. The van der Waals surface area contributed by atoms with Gasteiger partial charge in [-0.15, -0.1) is 0 Å². The number of hydrogen-bond acceptors (Lipinski definition) is 5. The van der Waals surface area contributed by atoms with Crippen molar-refractivity contribution in [1.82, 2.24) is 0 Å². The first kappa shape index (κ1) is 19.4. The lowest BCUT2D eigenvalue weighted by molar-refractivity contribution is -0.140. The van der Waals surface area contributed by atoms with Crippen LogP contribution in [0.3, 0.4) is 0 Å². The minimum absolute atomic E-state index is 0.0666. The second-order valence-electron chi connectivity index (χ2n) is 6.61. The van der Waals surface area contributed by atoms with Gasteiger partial charge in [-0.1, -0.05) is 69.2 Å². The summed E-state index contributed by atoms with van der Waals surface area (Å²) >= 11 is 0. The fourth-order valence-corrected chi connectivity index (χ4v) is 3.03. The number of nitrogens with one attached hydrogen (secondary N) is 1. The van der Waals surface area contributed by atoms with Crippen LogP contribution in [-0.4, -0.2) is 18.3 Å². The molecular weight excluding hydrogens is 350 g/mol. The average Bonchev–Trinajstić information content (AvgIpc) is 2.75. The summed E-state index contributed by atoms with van der Waals surface area (Å²) in [5, 5.41) is 13.0. The molecule has 0 atom stereocenters. The van der Waals surface area contributed by atoms with Gasteiger partial charge in [0.2, 0.25) is 0 Å². The van der Waals surface area contributed by atoms with E-state index in [1.807, 2.05) is 60.7 Å². The molecule has 1 heterocycles. The fourth-order valence-electron chi connectivity index (χ4n) is 3.03. The number of fused-ring (bicyclic) bond motifs is 1. The Balaban J connectivity index is 2.03. The number of carbonyl (C=O) groups excluding carboxylic acids is 1. The molecule has 2 aromatic carbocycles. The number of ether oxygens (including phenoxy) is 1. The SMILES string of the molecule is CCC(CC)COC(=O)/C(C#N)=C1\Nc2ccccc2N=C1c1ccccc1. The lowest BCUT2D eigenvalue weighted by Gasteiger charge is -2.22. The van der Waals surface area contributed by atoms with Crippen LogP contribution in [0.4, 0.5) is 11.4 Å². The summed E-state index contributed by atoms with van der Waals surface area (Å²) in [7, 11) is 0. The summed E-state index contributed by atoms with van der Waals surface area (Å²) in [5.41, 5.74) is 3.19. The lowest BCUT2D eigenvalue weighted by atomic mass is 10.0. The number of aliphatic imine (C=N–C) groups is 1. The highest BCUT2D eigenvalue weighted by molar-refractivity contribution is 6.21. The largest absolute Gasteiger partial charge is 0.461 e. The van der Waals surface area contributed by atoms with E-state index in [1.54, 1.807) is 0 Å². The molecule has 0 spiro atoms. The lowest BCUT2D eigenvalue weighted by Crippen LogP contribution is -2.23. The molecular formula is C23H23N3O2. The number of hydrogen-bond donors (Lipinski definition) is 1. The van der Waals surface area contributed by atoms with Crippen LogP contribution in [0.2, 0.25) is 0 Å². The van der Waals surface area contributed by atoms with Crippen molar-refractivity contribution in [3.63, 3.8) is 0 Å². The molecule has 0 saturated heterocycles. The Morgan fingerprint density at radius 3 is 2.46 bits per heavy atom. The van der Waals surface area contributed by atoms with E-state index in [4.69, 9.17) is 9.73 Å². The Bertz CT molecular complexity index is 951. The molecule has 3 rings (SSSR count). The Labute approximate surface area is 165 Å². The van der Waals surface area contributed by atoms with Gasteiger partial charge in [0.15, 0.2) is 5.57 Å². The van der Waals surface area contributed by atoms with Crippen molar-refractivity contribution in [2.24, 2.45) is 10.9 Å². The zero-order valence-electron chi connectivity index (χ0n) is 16.1. The second kappa shape index (κ2) is 9.01. The highest BCUT2D eigenvalue weighted by Gasteiger charge is 2.26. The van der Waals surface area contributed by atoms with E-state index in [0.717, 1.165) is 29.8 Å². The van der Waals surface area contributed by atoms with Crippen molar-refractivity contribution < 1.29 is 9.53 Å². The van der Waals surface area contributed by atoms with Gasteiger partial charge in [0, 0.05) is 5.56 Å².